The lowest BCUT2D eigenvalue weighted by Crippen LogP contribution is -2.27. The van der Waals surface area contributed by atoms with Crippen LogP contribution in [0.1, 0.15) is 22.3 Å². The second kappa shape index (κ2) is 7.72. The van der Waals surface area contributed by atoms with Gasteiger partial charge in [0.1, 0.15) is 5.41 Å². The molecular formula is C26H19N. The fourth-order valence-corrected chi connectivity index (χ4v) is 3.38. The van der Waals surface area contributed by atoms with Gasteiger partial charge in [-0.25, -0.2) is 0 Å². The number of benzene rings is 3. The highest BCUT2D eigenvalue weighted by atomic mass is 14.6. The van der Waals surface area contributed by atoms with Crippen LogP contribution in [0.3, 0.4) is 0 Å². The summed E-state index contributed by atoms with van der Waals surface area (Å²) in [6, 6.07) is 35.4. The SMILES string of the molecule is C(#CC(c1ccccc1)(c1ccccc1)c1ccccc1)c1ccncc1. The van der Waals surface area contributed by atoms with Crippen LogP contribution in [0.5, 0.6) is 0 Å². The lowest BCUT2D eigenvalue weighted by molar-refractivity contribution is 0.809. The van der Waals surface area contributed by atoms with Crippen molar-refractivity contribution in [3.8, 4) is 11.8 Å². The summed E-state index contributed by atoms with van der Waals surface area (Å²) in [7, 11) is 0. The maximum atomic E-state index is 4.10. The minimum atomic E-state index is -0.549. The van der Waals surface area contributed by atoms with Crippen LogP contribution in [-0.4, -0.2) is 4.98 Å². The van der Waals surface area contributed by atoms with Gasteiger partial charge in [-0.05, 0) is 28.8 Å². The van der Waals surface area contributed by atoms with Crippen molar-refractivity contribution in [2.75, 3.05) is 0 Å². The summed E-state index contributed by atoms with van der Waals surface area (Å²) in [5.74, 6) is 7.01. The summed E-state index contributed by atoms with van der Waals surface area (Å²) >= 11 is 0. The van der Waals surface area contributed by atoms with E-state index in [4.69, 9.17) is 0 Å². The average Bonchev–Trinajstić information content (AvgIpc) is 2.77. The highest BCUT2D eigenvalue weighted by Crippen LogP contribution is 2.38. The molecule has 0 aliphatic heterocycles. The van der Waals surface area contributed by atoms with Crippen LogP contribution in [0.25, 0.3) is 0 Å². The van der Waals surface area contributed by atoms with Gasteiger partial charge in [0.2, 0.25) is 0 Å². The summed E-state index contributed by atoms with van der Waals surface area (Å²) < 4.78 is 0. The van der Waals surface area contributed by atoms with E-state index in [1.165, 1.54) is 0 Å². The summed E-state index contributed by atoms with van der Waals surface area (Å²) in [6.07, 6.45) is 3.55. The molecule has 0 atom stereocenters. The maximum Gasteiger partial charge on any atom is 0.107 e. The molecule has 0 spiro atoms. The Morgan fingerprint density at radius 1 is 0.519 bits per heavy atom. The number of nitrogens with zero attached hydrogens (tertiary/aromatic N) is 1. The minimum Gasteiger partial charge on any atom is -0.265 e. The summed E-state index contributed by atoms with van der Waals surface area (Å²) in [6.45, 7) is 0. The first kappa shape index (κ1) is 16.8. The molecule has 27 heavy (non-hydrogen) atoms. The Bertz CT molecular complexity index is 947. The van der Waals surface area contributed by atoms with Gasteiger partial charge >= 0.3 is 0 Å². The highest BCUT2D eigenvalue weighted by molar-refractivity contribution is 5.59. The monoisotopic (exact) mass is 345 g/mol. The normalized spacial score (nSPS) is 10.7. The minimum absolute atomic E-state index is 0.549. The molecule has 1 aromatic heterocycles. The van der Waals surface area contributed by atoms with Crippen LogP contribution in [-0.2, 0) is 5.41 Å². The first-order valence-electron chi connectivity index (χ1n) is 8.99. The van der Waals surface area contributed by atoms with Crippen LogP contribution >= 0.6 is 0 Å². The Kier molecular flexibility index (Phi) is 4.81. The van der Waals surface area contributed by atoms with Crippen LogP contribution in [0, 0.1) is 11.8 Å². The van der Waals surface area contributed by atoms with Gasteiger partial charge < -0.3 is 0 Å². The van der Waals surface area contributed by atoms with Crippen LogP contribution < -0.4 is 0 Å². The average molecular weight is 345 g/mol. The molecule has 0 bridgehead atoms. The predicted molar refractivity (Wildman–Crippen MR) is 110 cm³/mol. The predicted octanol–water partition coefficient (Wildman–Crippen LogP) is 5.47. The van der Waals surface area contributed by atoms with E-state index < -0.39 is 5.41 Å². The molecular weight excluding hydrogens is 326 g/mol. The lowest BCUT2D eigenvalue weighted by atomic mass is 9.70. The van der Waals surface area contributed by atoms with E-state index in [0.717, 1.165) is 22.3 Å². The Morgan fingerprint density at radius 2 is 0.926 bits per heavy atom. The van der Waals surface area contributed by atoms with Gasteiger partial charge in [0.05, 0.1) is 0 Å². The smallest absolute Gasteiger partial charge is 0.107 e. The molecule has 0 amide bonds. The van der Waals surface area contributed by atoms with Crippen molar-refractivity contribution in [3.63, 3.8) is 0 Å². The Labute approximate surface area is 160 Å². The van der Waals surface area contributed by atoms with Gasteiger partial charge in [-0.1, -0.05) is 103 Å². The molecule has 1 heterocycles. The number of pyridine rings is 1. The van der Waals surface area contributed by atoms with Gasteiger partial charge in [-0.15, -0.1) is 0 Å². The summed E-state index contributed by atoms with van der Waals surface area (Å²) in [5.41, 5.74) is 3.88. The lowest BCUT2D eigenvalue weighted by Gasteiger charge is -2.31. The molecule has 0 fully saturated rings. The third-order valence-corrected chi connectivity index (χ3v) is 4.70. The standard InChI is InChI=1S/C26H19N/c1-4-10-23(11-5-1)26(24-12-6-2-7-13-24,25-14-8-3-9-15-25)19-16-22-17-20-27-21-18-22/h1-15,17-18,20-21H. The number of hydrogen-bond acceptors (Lipinski definition) is 1. The van der Waals surface area contributed by atoms with E-state index in [9.17, 15) is 0 Å². The summed E-state index contributed by atoms with van der Waals surface area (Å²) in [5, 5.41) is 0. The topological polar surface area (TPSA) is 12.9 Å². The second-order valence-electron chi connectivity index (χ2n) is 6.33. The van der Waals surface area contributed by atoms with Gasteiger partial charge in [-0.3, -0.25) is 4.98 Å². The fourth-order valence-electron chi connectivity index (χ4n) is 3.38. The first-order valence-corrected chi connectivity index (χ1v) is 8.99. The van der Waals surface area contributed by atoms with E-state index in [-0.39, 0.29) is 0 Å². The molecule has 0 saturated heterocycles. The van der Waals surface area contributed by atoms with Crippen LogP contribution in [0.2, 0.25) is 0 Å². The highest BCUT2D eigenvalue weighted by Gasteiger charge is 2.34. The second-order valence-corrected chi connectivity index (χ2v) is 6.33. The molecule has 0 radical (unpaired) electrons. The Morgan fingerprint density at radius 3 is 1.33 bits per heavy atom. The zero-order chi connectivity index (χ0) is 18.4. The van der Waals surface area contributed by atoms with Crippen LogP contribution in [0.15, 0.2) is 116 Å². The van der Waals surface area contributed by atoms with Crippen LogP contribution in [0.4, 0.5) is 0 Å². The molecule has 1 nitrogen and oxygen atoms in total. The van der Waals surface area contributed by atoms with Crippen molar-refractivity contribution in [1.82, 2.24) is 4.98 Å². The van der Waals surface area contributed by atoms with E-state index in [2.05, 4.69) is 89.6 Å². The van der Waals surface area contributed by atoms with Crippen molar-refractivity contribution >= 4 is 0 Å². The van der Waals surface area contributed by atoms with Crippen molar-refractivity contribution in [2.45, 2.75) is 5.41 Å². The van der Waals surface area contributed by atoms with E-state index >= 15 is 0 Å². The van der Waals surface area contributed by atoms with Crippen molar-refractivity contribution in [3.05, 3.63) is 138 Å². The van der Waals surface area contributed by atoms with Crippen molar-refractivity contribution < 1.29 is 0 Å². The third kappa shape index (κ3) is 3.38. The fraction of sp³-hybridized carbons (Fsp3) is 0.0385. The van der Waals surface area contributed by atoms with Gasteiger partial charge in [-0.2, -0.15) is 0 Å². The molecule has 4 aromatic rings. The zero-order valence-electron chi connectivity index (χ0n) is 14.9. The molecule has 1 heteroatoms. The molecule has 0 saturated carbocycles. The molecule has 128 valence electrons. The van der Waals surface area contributed by atoms with E-state index in [1.807, 2.05) is 30.3 Å². The molecule has 0 aliphatic rings. The molecule has 0 unspecified atom stereocenters. The molecule has 0 aliphatic carbocycles. The van der Waals surface area contributed by atoms with E-state index in [1.54, 1.807) is 12.4 Å². The third-order valence-electron chi connectivity index (χ3n) is 4.70. The Hall–Kier alpha value is -3.63. The maximum absolute atomic E-state index is 4.10. The molecule has 4 rings (SSSR count). The zero-order valence-corrected chi connectivity index (χ0v) is 14.9. The van der Waals surface area contributed by atoms with Gasteiger partial charge in [0.25, 0.3) is 0 Å². The van der Waals surface area contributed by atoms with Crippen molar-refractivity contribution in [2.24, 2.45) is 0 Å². The quantitative estimate of drug-likeness (QED) is 0.354. The number of hydrogen-bond donors (Lipinski definition) is 0. The Balaban J connectivity index is 2.03. The molecule has 0 N–H and O–H groups in total. The van der Waals surface area contributed by atoms with E-state index in [0.29, 0.717) is 0 Å². The first-order chi connectivity index (χ1) is 13.4. The summed E-state index contributed by atoms with van der Waals surface area (Å²) in [4.78, 5) is 4.10. The van der Waals surface area contributed by atoms with Gasteiger partial charge in [0, 0.05) is 18.0 Å². The largest absolute Gasteiger partial charge is 0.265 e. The van der Waals surface area contributed by atoms with Crippen molar-refractivity contribution in [1.29, 1.82) is 0 Å². The number of aromatic nitrogens is 1. The molecule has 3 aromatic carbocycles. The number of rotatable bonds is 3. The van der Waals surface area contributed by atoms with Gasteiger partial charge in [0.15, 0.2) is 0 Å².